The number of halogens is 5. The number of aromatic nitrogens is 5. The van der Waals surface area contributed by atoms with Gasteiger partial charge in [0.2, 0.25) is 6.04 Å². The number of rotatable bonds is 10. The van der Waals surface area contributed by atoms with Crippen LogP contribution < -0.4 is 4.74 Å². The maximum Gasteiger partial charge on any atom is 0.417 e. The van der Waals surface area contributed by atoms with Crippen molar-refractivity contribution in [1.29, 1.82) is 0 Å². The fourth-order valence-corrected chi connectivity index (χ4v) is 4.25. The van der Waals surface area contributed by atoms with Crippen molar-refractivity contribution in [3.63, 3.8) is 0 Å². The van der Waals surface area contributed by atoms with Crippen LogP contribution in [0.3, 0.4) is 0 Å². The Labute approximate surface area is 241 Å². The first-order chi connectivity index (χ1) is 20.6. The van der Waals surface area contributed by atoms with Gasteiger partial charge in [0, 0.05) is 11.6 Å². The Balaban J connectivity index is 1.55. The molecule has 2 aliphatic heterocycles. The monoisotopic (exact) mass is 601 g/mol. The Morgan fingerprint density at radius 2 is 1.74 bits per heavy atom. The SMILES string of the molecule is CCCOC(=O)C(c1cc(-c2ccc(OCCC)cc2C(F)(F)F)no1)n1cc2nc(-c3cccc(F)c3F)nc-2cn1. The Kier molecular flexibility index (Phi) is 8.37. The number of nitrogens with zero attached hydrogens (tertiary/aromatic N) is 5. The summed E-state index contributed by atoms with van der Waals surface area (Å²) in [6.45, 7) is 3.91. The van der Waals surface area contributed by atoms with Crippen LogP contribution in [0.25, 0.3) is 34.0 Å². The molecule has 0 spiro atoms. The van der Waals surface area contributed by atoms with Gasteiger partial charge in [-0.15, -0.1) is 0 Å². The molecule has 0 fully saturated rings. The summed E-state index contributed by atoms with van der Waals surface area (Å²) in [5, 5.41) is 8.02. The topological polar surface area (TPSA) is 105 Å². The number of benzene rings is 2. The first-order valence-electron chi connectivity index (χ1n) is 13.2. The normalized spacial score (nSPS) is 12.4. The van der Waals surface area contributed by atoms with E-state index in [4.69, 9.17) is 14.0 Å². The van der Waals surface area contributed by atoms with E-state index in [0.717, 1.165) is 16.8 Å². The molecule has 43 heavy (non-hydrogen) atoms. The number of ether oxygens (including phenoxy) is 2. The minimum absolute atomic E-state index is 0.0454. The van der Waals surface area contributed by atoms with Gasteiger partial charge in [-0.2, -0.15) is 18.3 Å². The molecule has 3 heterocycles. The van der Waals surface area contributed by atoms with E-state index in [2.05, 4.69) is 20.2 Å². The molecule has 1 aromatic heterocycles. The van der Waals surface area contributed by atoms with Gasteiger partial charge in [0.15, 0.2) is 23.2 Å². The second-order valence-electron chi connectivity index (χ2n) is 9.41. The van der Waals surface area contributed by atoms with E-state index in [-0.39, 0.29) is 58.8 Å². The van der Waals surface area contributed by atoms with E-state index in [1.54, 1.807) is 6.92 Å². The van der Waals surface area contributed by atoms with E-state index in [1.807, 2.05) is 6.92 Å². The molecule has 0 amide bonds. The summed E-state index contributed by atoms with van der Waals surface area (Å²) in [4.78, 5) is 21.6. The van der Waals surface area contributed by atoms with Crippen molar-refractivity contribution in [3.05, 3.63) is 77.8 Å². The summed E-state index contributed by atoms with van der Waals surface area (Å²) in [5.74, 6) is -3.25. The molecule has 14 heteroatoms. The predicted octanol–water partition coefficient (Wildman–Crippen LogP) is 6.73. The summed E-state index contributed by atoms with van der Waals surface area (Å²) >= 11 is 0. The molecule has 1 unspecified atom stereocenters. The van der Waals surface area contributed by atoms with Gasteiger partial charge >= 0.3 is 12.1 Å². The highest BCUT2D eigenvalue weighted by Gasteiger charge is 2.36. The van der Waals surface area contributed by atoms with Gasteiger partial charge in [0.1, 0.15) is 22.8 Å². The second kappa shape index (κ2) is 12.2. The van der Waals surface area contributed by atoms with Crippen LogP contribution in [0.5, 0.6) is 5.75 Å². The lowest BCUT2D eigenvalue weighted by molar-refractivity contribution is -0.147. The standard InChI is InChI=1S/C29H24F5N5O4/c1-3-10-41-16-8-9-17(19(12-16)29(32,33)34)21-13-24(43-38-21)26(28(40)42-11-4-2)39-15-23-22(14-35-39)36-27(37-23)18-6-5-7-20(30)25(18)31/h5-9,12-15,26H,3-4,10-11H2,1-2H3. The molecule has 0 N–H and O–H groups in total. The molecule has 2 aromatic carbocycles. The highest BCUT2D eigenvalue weighted by atomic mass is 19.4. The Hall–Kier alpha value is -4.88. The number of imidazole rings is 1. The molecule has 0 bridgehead atoms. The molecule has 0 radical (unpaired) electrons. The number of carbonyl (C=O) groups is 1. The van der Waals surface area contributed by atoms with Gasteiger partial charge in [-0.3, -0.25) is 0 Å². The molecular weight excluding hydrogens is 577 g/mol. The van der Waals surface area contributed by atoms with E-state index in [0.29, 0.717) is 12.8 Å². The van der Waals surface area contributed by atoms with Crippen LogP contribution in [0, 0.1) is 11.6 Å². The molecule has 3 aromatic rings. The third kappa shape index (κ3) is 6.17. The molecule has 0 saturated carbocycles. The zero-order valence-corrected chi connectivity index (χ0v) is 22.9. The summed E-state index contributed by atoms with van der Waals surface area (Å²) in [5.41, 5.74) is -1.26. The lowest BCUT2D eigenvalue weighted by Crippen LogP contribution is -2.25. The summed E-state index contributed by atoms with van der Waals surface area (Å²) in [6.07, 6.45) is -1.07. The van der Waals surface area contributed by atoms with E-state index >= 15 is 0 Å². The van der Waals surface area contributed by atoms with Crippen LogP contribution in [0.15, 0.2) is 59.4 Å². The lowest BCUT2D eigenvalue weighted by atomic mass is 10.0. The number of hydrogen-bond donors (Lipinski definition) is 0. The first kappa shape index (κ1) is 29.6. The van der Waals surface area contributed by atoms with Crippen LogP contribution in [-0.4, -0.2) is 44.1 Å². The van der Waals surface area contributed by atoms with E-state index < -0.39 is 35.4 Å². The average molecular weight is 602 g/mol. The van der Waals surface area contributed by atoms with Crippen molar-refractivity contribution in [3.8, 4) is 39.8 Å². The lowest BCUT2D eigenvalue weighted by Gasteiger charge is -2.16. The van der Waals surface area contributed by atoms with Crippen LogP contribution in [0.4, 0.5) is 22.0 Å². The molecule has 224 valence electrons. The van der Waals surface area contributed by atoms with Crippen molar-refractivity contribution in [1.82, 2.24) is 24.9 Å². The van der Waals surface area contributed by atoms with Crippen molar-refractivity contribution in [2.45, 2.75) is 38.9 Å². The first-order valence-corrected chi connectivity index (χ1v) is 13.2. The van der Waals surface area contributed by atoms with Crippen LogP contribution in [0.2, 0.25) is 0 Å². The largest absolute Gasteiger partial charge is 0.494 e. The van der Waals surface area contributed by atoms with Crippen molar-refractivity contribution < 1.29 is 40.7 Å². The maximum absolute atomic E-state index is 14.4. The Morgan fingerprint density at radius 3 is 2.49 bits per heavy atom. The molecule has 5 rings (SSSR count). The third-order valence-electron chi connectivity index (χ3n) is 6.25. The molecule has 0 saturated heterocycles. The van der Waals surface area contributed by atoms with Gasteiger partial charge in [-0.1, -0.05) is 25.1 Å². The van der Waals surface area contributed by atoms with Crippen LogP contribution in [0.1, 0.15) is 44.1 Å². The Bertz CT molecular complexity index is 1720. The average Bonchev–Trinajstić information content (AvgIpc) is 3.63. The molecule has 1 atom stereocenters. The van der Waals surface area contributed by atoms with Crippen LogP contribution in [-0.2, 0) is 15.7 Å². The zero-order valence-electron chi connectivity index (χ0n) is 22.9. The summed E-state index contributed by atoms with van der Waals surface area (Å²) in [7, 11) is 0. The minimum Gasteiger partial charge on any atom is -0.494 e. The molecule has 2 aliphatic rings. The van der Waals surface area contributed by atoms with Crippen molar-refractivity contribution >= 4 is 5.97 Å². The molecular formula is C29H24F5N5O4. The third-order valence-corrected chi connectivity index (χ3v) is 6.25. The Morgan fingerprint density at radius 1 is 0.977 bits per heavy atom. The number of carbonyl (C=O) groups excluding carboxylic acids is 1. The van der Waals surface area contributed by atoms with Crippen molar-refractivity contribution in [2.75, 3.05) is 13.2 Å². The minimum atomic E-state index is -4.74. The smallest absolute Gasteiger partial charge is 0.417 e. The van der Waals surface area contributed by atoms with E-state index in [1.165, 1.54) is 42.7 Å². The number of alkyl halides is 3. The quantitative estimate of drug-likeness (QED) is 0.128. The van der Waals surface area contributed by atoms with E-state index in [9.17, 15) is 26.7 Å². The van der Waals surface area contributed by atoms with Crippen LogP contribution >= 0.6 is 0 Å². The predicted molar refractivity (Wildman–Crippen MR) is 142 cm³/mol. The number of esters is 1. The fraction of sp³-hybridized carbons (Fsp3) is 0.276. The zero-order chi connectivity index (χ0) is 30.7. The van der Waals surface area contributed by atoms with Gasteiger partial charge in [0.05, 0.1) is 36.7 Å². The highest BCUT2D eigenvalue weighted by molar-refractivity contribution is 5.78. The highest BCUT2D eigenvalue weighted by Crippen LogP contribution is 2.40. The molecule has 0 aliphatic carbocycles. The van der Waals surface area contributed by atoms with Gasteiger partial charge in [0.25, 0.3) is 0 Å². The second-order valence-corrected chi connectivity index (χ2v) is 9.41. The van der Waals surface area contributed by atoms with Gasteiger partial charge in [-0.05, 0) is 43.2 Å². The molecule has 9 nitrogen and oxygen atoms in total. The summed E-state index contributed by atoms with van der Waals surface area (Å²) < 4.78 is 87.3. The number of hydrogen-bond acceptors (Lipinski definition) is 8. The number of fused-ring (bicyclic) bond motifs is 1. The van der Waals surface area contributed by atoms with Crippen molar-refractivity contribution in [2.24, 2.45) is 0 Å². The maximum atomic E-state index is 14.4. The fourth-order valence-electron chi connectivity index (χ4n) is 4.25. The van der Waals surface area contributed by atoms with Gasteiger partial charge < -0.3 is 14.0 Å². The summed E-state index contributed by atoms with van der Waals surface area (Å²) in [6, 6.07) is 6.84. The van der Waals surface area contributed by atoms with Gasteiger partial charge in [-0.25, -0.2) is 28.2 Å².